The summed E-state index contributed by atoms with van der Waals surface area (Å²) in [6, 6.07) is 8.19. The summed E-state index contributed by atoms with van der Waals surface area (Å²) in [6.45, 7) is 7.34. The standard InChI is InChI=1S/C21H26N2O4/c1-21(2,3)20(26)22-12-14-7-6-10-23(13-14)19(25)18-11-16(24)15-8-4-5-9-17(15)27-18/h4-5,8-9,11,14H,6-7,10,12-13H2,1-3H3,(H,22,26)/t14-/m0/s1. The summed E-state index contributed by atoms with van der Waals surface area (Å²) in [5.41, 5.74) is -0.232. The number of nitrogens with one attached hydrogen (secondary N) is 1. The van der Waals surface area contributed by atoms with E-state index in [1.165, 1.54) is 6.07 Å². The number of amides is 2. The number of hydrogen-bond donors (Lipinski definition) is 1. The van der Waals surface area contributed by atoms with Crippen LogP contribution in [0.15, 0.2) is 39.5 Å². The van der Waals surface area contributed by atoms with Crippen molar-refractivity contribution in [1.82, 2.24) is 10.2 Å². The zero-order valence-corrected chi connectivity index (χ0v) is 16.1. The summed E-state index contributed by atoms with van der Waals surface area (Å²) in [4.78, 5) is 38.9. The smallest absolute Gasteiger partial charge is 0.289 e. The van der Waals surface area contributed by atoms with Gasteiger partial charge < -0.3 is 14.6 Å². The minimum absolute atomic E-state index is 0.00600. The van der Waals surface area contributed by atoms with Crippen molar-refractivity contribution < 1.29 is 14.0 Å². The molecule has 0 bridgehead atoms. The first kappa shape index (κ1) is 19.1. The Hall–Kier alpha value is -2.63. The van der Waals surface area contributed by atoms with Crippen molar-refractivity contribution in [3.05, 3.63) is 46.3 Å². The van der Waals surface area contributed by atoms with Gasteiger partial charge in [0.15, 0.2) is 11.2 Å². The Balaban J connectivity index is 1.70. The van der Waals surface area contributed by atoms with Gasteiger partial charge in [-0.2, -0.15) is 0 Å². The van der Waals surface area contributed by atoms with Gasteiger partial charge in [-0.15, -0.1) is 0 Å². The highest BCUT2D eigenvalue weighted by Gasteiger charge is 2.28. The van der Waals surface area contributed by atoms with Crippen molar-refractivity contribution in [2.45, 2.75) is 33.6 Å². The lowest BCUT2D eigenvalue weighted by Crippen LogP contribution is -2.45. The van der Waals surface area contributed by atoms with E-state index in [1.54, 1.807) is 29.2 Å². The fraction of sp³-hybridized carbons (Fsp3) is 0.476. The van der Waals surface area contributed by atoms with Crippen molar-refractivity contribution in [3.63, 3.8) is 0 Å². The maximum atomic E-state index is 12.8. The number of hydrogen-bond acceptors (Lipinski definition) is 4. The number of carbonyl (C=O) groups is 2. The fourth-order valence-electron chi connectivity index (χ4n) is 3.28. The summed E-state index contributed by atoms with van der Waals surface area (Å²) in [7, 11) is 0. The Labute approximate surface area is 158 Å². The number of fused-ring (bicyclic) bond motifs is 1. The molecule has 1 aliphatic heterocycles. The van der Waals surface area contributed by atoms with E-state index in [-0.39, 0.29) is 28.9 Å². The first-order chi connectivity index (χ1) is 12.8. The number of likely N-dealkylation sites (tertiary alicyclic amines) is 1. The molecular formula is C21H26N2O4. The van der Waals surface area contributed by atoms with Crippen LogP contribution in [0.2, 0.25) is 0 Å². The molecule has 1 aliphatic rings. The fourth-order valence-corrected chi connectivity index (χ4v) is 3.28. The lowest BCUT2D eigenvalue weighted by molar-refractivity contribution is -0.128. The predicted octanol–water partition coefficient (Wildman–Crippen LogP) is 2.81. The van der Waals surface area contributed by atoms with Gasteiger partial charge in [0.2, 0.25) is 5.91 Å². The molecule has 6 heteroatoms. The van der Waals surface area contributed by atoms with E-state index >= 15 is 0 Å². The molecule has 27 heavy (non-hydrogen) atoms. The Morgan fingerprint density at radius 3 is 2.74 bits per heavy atom. The normalized spacial score (nSPS) is 17.7. The Kier molecular flexibility index (Phi) is 5.35. The Morgan fingerprint density at radius 1 is 1.26 bits per heavy atom. The largest absolute Gasteiger partial charge is 0.451 e. The molecule has 3 rings (SSSR count). The number of benzene rings is 1. The van der Waals surface area contributed by atoms with E-state index in [0.717, 1.165) is 12.8 Å². The monoisotopic (exact) mass is 370 g/mol. The highest BCUT2D eigenvalue weighted by atomic mass is 16.3. The molecule has 1 fully saturated rings. The molecule has 1 aromatic heterocycles. The van der Waals surface area contributed by atoms with E-state index in [4.69, 9.17) is 4.42 Å². The second-order valence-electron chi connectivity index (χ2n) is 8.19. The van der Waals surface area contributed by atoms with Gasteiger partial charge in [0.05, 0.1) is 5.39 Å². The average Bonchev–Trinajstić information content (AvgIpc) is 2.65. The third-order valence-electron chi connectivity index (χ3n) is 4.88. The first-order valence-corrected chi connectivity index (χ1v) is 9.36. The summed E-state index contributed by atoms with van der Waals surface area (Å²) >= 11 is 0. The third kappa shape index (κ3) is 4.38. The van der Waals surface area contributed by atoms with Crippen LogP contribution in [-0.4, -0.2) is 36.3 Å². The molecule has 1 N–H and O–H groups in total. The molecule has 1 saturated heterocycles. The van der Waals surface area contributed by atoms with E-state index in [1.807, 2.05) is 20.8 Å². The SMILES string of the molecule is CC(C)(C)C(=O)NC[C@@H]1CCCN(C(=O)c2cc(=O)c3ccccc3o2)C1. The molecule has 2 amide bonds. The number of piperidine rings is 1. The van der Waals surface area contributed by atoms with Crippen LogP contribution in [0.5, 0.6) is 0 Å². The topological polar surface area (TPSA) is 79.6 Å². The van der Waals surface area contributed by atoms with Crippen molar-refractivity contribution in [3.8, 4) is 0 Å². The predicted molar refractivity (Wildman–Crippen MR) is 104 cm³/mol. The molecule has 1 atom stereocenters. The molecule has 0 saturated carbocycles. The second-order valence-corrected chi connectivity index (χ2v) is 8.19. The molecule has 2 heterocycles. The molecular weight excluding hydrogens is 344 g/mol. The van der Waals surface area contributed by atoms with E-state index in [9.17, 15) is 14.4 Å². The molecule has 0 spiro atoms. The minimum atomic E-state index is -0.432. The van der Waals surface area contributed by atoms with Crippen LogP contribution in [0.1, 0.15) is 44.2 Å². The molecule has 144 valence electrons. The van der Waals surface area contributed by atoms with Crippen LogP contribution in [-0.2, 0) is 4.79 Å². The maximum absolute atomic E-state index is 12.8. The number of nitrogens with zero attached hydrogens (tertiary/aromatic N) is 1. The van der Waals surface area contributed by atoms with Crippen LogP contribution in [0.25, 0.3) is 11.0 Å². The average molecular weight is 370 g/mol. The lowest BCUT2D eigenvalue weighted by atomic mass is 9.94. The zero-order chi connectivity index (χ0) is 19.6. The number of para-hydroxylation sites is 1. The molecule has 0 radical (unpaired) electrons. The van der Waals surface area contributed by atoms with Gasteiger partial charge in [0.25, 0.3) is 5.91 Å². The van der Waals surface area contributed by atoms with Crippen molar-refractivity contribution in [1.29, 1.82) is 0 Å². The summed E-state index contributed by atoms with van der Waals surface area (Å²) in [6.07, 6.45) is 1.81. The Bertz CT molecular complexity index is 910. The van der Waals surface area contributed by atoms with Gasteiger partial charge in [0.1, 0.15) is 5.58 Å². The van der Waals surface area contributed by atoms with E-state index in [0.29, 0.717) is 30.6 Å². The summed E-state index contributed by atoms with van der Waals surface area (Å²) in [5.74, 6) is -0.00423. The van der Waals surface area contributed by atoms with Gasteiger partial charge in [-0.25, -0.2) is 0 Å². The van der Waals surface area contributed by atoms with Crippen LogP contribution in [0.4, 0.5) is 0 Å². The van der Waals surface area contributed by atoms with Crippen LogP contribution >= 0.6 is 0 Å². The Morgan fingerprint density at radius 2 is 2.00 bits per heavy atom. The lowest BCUT2D eigenvalue weighted by Gasteiger charge is -2.33. The highest BCUT2D eigenvalue weighted by molar-refractivity contribution is 5.93. The van der Waals surface area contributed by atoms with Gasteiger partial charge in [0, 0.05) is 31.1 Å². The molecule has 0 unspecified atom stereocenters. The first-order valence-electron chi connectivity index (χ1n) is 9.36. The minimum Gasteiger partial charge on any atom is -0.451 e. The summed E-state index contributed by atoms with van der Waals surface area (Å²) < 4.78 is 5.67. The van der Waals surface area contributed by atoms with Crippen molar-refractivity contribution in [2.24, 2.45) is 11.3 Å². The van der Waals surface area contributed by atoms with Crippen LogP contribution in [0.3, 0.4) is 0 Å². The molecule has 6 nitrogen and oxygen atoms in total. The zero-order valence-electron chi connectivity index (χ0n) is 16.1. The van der Waals surface area contributed by atoms with Crippen LogP contribution in [0, 0.1) is 11.3 Å². The third-order valence-corrected chi connectivity index (χ3v) is 4.88. The quantitative estimate of drug-likeness (QED) is 0.901. The number of rotatable bonds is 3. The van der Waals surface area contributed by atoms with Gasteiger partial charge in [-0.05, 0) is 30.9 Å². The van der Waals surface area contributed by atoms with Crippen molar-refractivity contribution >= 4 is 22.8 Å². The van der Waals surface area contributed by atoms with Gasteiger partial charge >= 0.3 is 0 Å². The van der Waals surface area contributed by atoms with Crippen molar-refractivity contribution in [2.75, 3.05) is 19.6 Å². The summed E-state index contributed by atoms with van der Waals surface area (Å²) in [5, 5.41) is 3.44. The van der Waals surface area contributed by atoms with E-state index < -0.39 is 5.41 Å². The van der Waals surface area contributed by atoms with Gasteiger partial charge in [-0.1, -0.05) is 32.9 Å². The second kappa shape index (κ2) is 7.55. The highest BCUT2D eigenvalue weighted by Crippen LogP contribution is 2.20. The number of carbonyl (C=O) groups excluding carboxylic acids is 2. The maximum Gasteiger partial charge on any atom is 0.289 e. The van der Waals surface area contributed by atoms with Crippen LogP contribution < -0.4 is 10.7 Å². The molecule has 0 aliphatic carbocycles. The molecule has 2 aromatic rings. The van der Waals surface area contributed by atoms with E-state index in [2.05, 4.69) is 5.32 Å². The van der Waals surface area contributed by atoms with Gasteiger partial charge in [-0.3, -0.25) is 14.4 Å². The molecule has 1 aromatic carbocycles.